The molecule has 0 atom stereocenters. The number of nitro benzene ring substituents is 1. The number of phenols is 1. The predicted octanol–water partition coefficient (Wildman–Crippen LogP) is 2.00. The number of benzene rings is 2. The smallest absolute Gasteiger partial charge is 0.269 e. The second-order valence-corrected chi connectivity index (χ2v) is 4.82. The number of nitro groups is 1. The van der Waals surface area contributed by atoms with Gasteiger partial charge in [-0.2, -0.15) is 5.10 Å². The molecule has 124 valence electrons. The van der Waals surface area contributed by atoms with Crippen LogP contribution in [0.25, 0.3) is 0 Å². The van der Waals surface area contributed by atoms with E-state index in [2.05, 4.69) is 10.5 Å². The second-order valence-electron chi connectivity index (χ2n) is 4.82. The summed E-state index contributed by atoms with van der Waals surface area (Å²) < 4.78 is 4.97. The van der Waals surface area contributed by atoms with E-state index in [0.29, 0.717) is 16.9 Å². The maximum absolute atomic E-state index is 11.8. The number of carbonyl (C=O) groups is 1. The Balaban J connectivity index is 1.91. The molecule has 8 heteroatoms. The largest absolute Gasteiger partial charge is 0.504 e. The number of hydrazone groups is 1. The highest BCUT2D eigenvalue weighted by molar-refractivity contribution is 5.84. The number of nitrogens with one attached hydrogen (secondary N) is 1. The molecule has 0 heterocycles. The van der Waals surface area contributed by atoms with Crippen LogP contribution in [-0.4, -0.2) is 29.3 Å². The number of methoxy groups -OCH3 is 1. The van der Waals surface area contributed by atoms with Gasteiger partial charge in [-0.15, -0.1) is 0 Å². The Hall–Kier alpha value is -3.42. The molecule has 0 saturated heterocycles. The van der Waals surface area contributed by atoms with Crippen molar-refractivity contribution in [1.82, 2.24) is 5.43 Å². The van der Waals surface area contributed by atoms with E-state index in [9.17, 15) is 20.0 Å². The van der Waals surface area contributed by atoms with Crippen molar-refractivity contribution in [3.63, 3.8) is 0 Å². The van der Waals surface area contributed by atoms with Crippen LogP contribution in [0.15, 0.2) is 47.6 Å². The Morgan fingerprint density at radius 3 is 2.67 bits per heavy atom. The van der Waals surface area contributed by atoms with Crippen molar-refractivity contribution >= 4 is 17.8 Å². The summed E-state index contributed by atoms with van der Waals surface area (Å²) in [5, 5.41) is 23.9. The van der Waals surface area contributed by atoms with Crippen molar-refractivity contribution in [2.75, 3.05) is 7.11 Å². The number of hydrogen-bond acceptors (Lipinski definition) is 6. The van der Waals surface area contributed by atoms with Crippen molar-refractivity contribution in [3.05, 3.63) is 63.7 Å². The van der Waals surface area contributed by atoms with Crippen LogP contribution in [0.1, 0.15) is 11.1 Å². The van der Waals surface area contributed by atoms with E-state index >= 15 is 0 Å². The normalized spacial score (nSPS) is 10.5. The molecule has 0 unspecified atom stereocenters. The van der Waals surface area contributed by atoms with Crippen LogP contribution in [0.2, 0.25) is 0 Å². The zero-order valence-corrected chi connectivity index (χ0v) is 12.8. The lowest BCUT2D eigenvalue weighted by atomic mass is 10.1. The van der Waals surface area contributed by atoms with Crippen LogP contribution >= 0.6 is 0 Å². The van der Waals surface area contributed by atoms with E-state index in [0.717, 1.165) is 0 Å². The summed E-state index contributed by atoms with van der Waals surface area (Å²) in [6, 6.07) is 10.4. The van der Waals surface area contributed by atoms with Gasteiger partial charge in [-0.1, -0.05) is 12.1 Å². The summed E-state index contributed by atoms with van der Waals surface area (Å²) in [4.78, 5) is 21.8. The number of hydrogen-bond donors (Lipinski definition) is 2. The number of carbonyl (C=O) groups excluding carboxylic acids is 1. The maximum Gasteiger partial charge on any atom is 0.269 e. The first-order chi connectivity index (χ1) is 11.5. The minimum atomic E-state index is -0.500. The van der Waals surface area contributed by atoms with Crippen LogP contribution in [0.3, 0.4) is 0 Å². The average Bonchev–Trinajstić information content (AvgIpc) is 2.56. The molecule has 2 aromatic carbocycles. The second kappa shape index (κ2) is 7.73. The van der Waals surface area contributed by atoms with Crippen molar-refractivity contribution < 1.29 is 19.6 Å². The number of non-ortho nitro benzene ring substituents is 1. The number of ether oxygens (including phenoxy) is 1. The molecular weight excluding hydrogens is 314 g/mol. The lowest BCUT2D eigenvalue weighted by molar-refractivity contribution is -0.384. The summed E-state index contributed by atoms with van der Waals surface area (Å²) >= 11 is 0. The number of aromatic hydroxyl groups is 1. The van der Waals surface area contributed by atoms with Crippen LogP contribution in [-0.2, 0) is 11.2 Å². The van der Waals surface area contributed by atoms with Gasteiger partial charge in [-0.3, -0.25) is 14.9 Å². The molecule has 0 aliphatic heterocycles. The molecule has 0 bridgehead atoms. The first kappa shape index (κ1) is 16.9. The summed E-state index contributed by atoms with van der Waals surface area (Å²) in [7, 11) is 1.43. The highest BCUT2D eigenvalue weighted by Gasteiger charge is 2.07. The van der Waals surface area contributed by atoms with Crippen molar-refractivity contribution in [2.24, 2.45) is 5.10 Å². The van der Waals surface area contributed by atoms with Gasteiger partial charge in [0.2, 0.25) is 5.91 Å². The van der Waals surface area contributed by atoms with Gasteiger partial charge in [-0.05, 0) is 29.3 Å². The van der Waals surface area contributed by atoms with Crippen LogP contribution < -0.4 is 10.2 Å². The van der Waals surface area contributed by atoms with Crippen molar-refractivity contribution in [3.8, 4) is 11.5 Å². The minimum absolute atomic E-state index is 0.0110. The Labute approximate surface area is 137 Å². The van der Waals surface area contributed by atoms with Crippen LogP contribution in [0.5, 0.6) is 11.5 Å². The third-order valence-electron chi connectivity index (χ3n) is 3.12. The first-order valence-corrected chi connectivity index (χ1v) is 6.92. The molecule has 0 spiro atoms. The van der Waals surface area contributed by atoms with Gasteiger partial charge in [0.1, 0.15) is 0 Å². The van der Waals surface area contributed by atoms with Gasteiger partial charge in [0.05, 0.1) is 24.7 Å². The minimum Gasteiger partial charge on any atom is -0.504 e. The standard InChI is InChI=1S/C16H15N3O5/c1-24-15-8-12(4-7-14(15)20)10-17-18-16(21)9-11-2-5-13(6-3-11)19(22)23/h2-8,10,20H,9H2,1H3,(H,18,21)/b17-10+. The third kappa shape index (κ3) is 4.54. The molecule has 0 fully saturated rings. The van der Waals surface area contributed by atoms with Gasteiger partial charge in [0.25, 0.3) is 5.69 Å². The lowest BCUT2D eigenvalue weighted by Gasteiger charge is -2.03. The highest BCUT2D eigenvalue weighted by atomic mass is 16.6. The molecular formula is C16H15N3O5. The quantitative estimate of drug-likeness (QED) is 0.478. The summed E-state index contributed by atoms with van der Waals surface area (Å²) in [5.74, 6) is -0.0427. The molecule has 1 amide bonds. The molecule has 2 N–H and O–H groups in total. The van der Waals surface area contributed by atoms with E-state index in [1.807, 2.05) is 0 Å². The molecule has 0 saturated carbocycles. The predicted molar refractivity (Wildman–Crippen MR) is 87.2 cm³/mol. The molecule has 2 rings (SSSR count). The Morgan fingerprint density at radius 1 is 1.33 bits per heavy atom. The number of amides is 1. The summed E-state index contributed by atoms with van der Waals surface area (Å²) in [6.45, 7) is 0. The molecule has 8 nitrogen and oxygen atoms in total. The van der Waals surface area contributed by atoms with Gasteiger partial charge in [-0.25, -0.2) is 5.43 Å². The van der Waals surface area contributed by atoms with Crippen LogP contribution in [0, 0.1) is 10.1 Å². The van der Waals surface area contributed by atoms with Crippen molar-refractivity contribution in [2.45, 2.75) is 6.42 Å². The zero-order valence-electron chi connectivity index (χ0n) is 12.8. The first-order valence-electron chi connectivity index (χ1n) is 6.92. The topological polar surface area (TPSA) is 114 Å². The fourth-order valence-corrected chi connectivity index (χ4v) is 1.91. The highest BCUT2D eigenvalue weighted by Crippen LogP contribution is 2.25. The SMILES string of the molecule is COc1cc(/C=N/NC(=O)Cc2ccc([N+](=O)[O-])cc2)ccc1O. The number of phenolic OH excluding ortho intramolecular Hbond substituents is 1. The molecule has 0 aromatic heterocycles. The molecule has 0 radical (unpaired) electrons. The molecule has 24 heavy (non-hydrogen) atoms. The number of nitrogens with zero attached hydrogens (tertiary/aromatic N) is 2. The zero-order chi connectivity index (χ0) is 17.5. The Morgan fingerprint density at radius 2 is 2.04 bits per heavy atom. The maximum atomic E-state index is 11.8. The summed E-state index contributed by atoms with van der Waals surface area (Å²) in [6.07, 6.45) is 1.46. The Bertz CT molecular complexity index is 772. The fraction of sp³-hybridized carbons (Fsp3) is 0.125. The fourth-order valence-electron chi connectivity index (χ4n) is 1.91. The monoisotopic (exact) mass is 329 g/mol. The van der Waals surface area contributed by atoms with E-state index in [1.165, 1.54) is 43.7 Å². The number of rotatable bonds is 6. The Kier molecular flexibility index (Phi) is 5.45. The molecule has 0 aliphatic carbocycles. The van der Waals surface area contributed by atoms with E-state index in [4.69, 9.17) is 4.74 Å². The summed E-state index contributed by atoms with van der Waals surface area (Å²) in [5.41, 5.74) is 3.61. The molecule has 0 aliphatic rings. The van der Waals surface area contributed by atoms with E-state index in [-0.39, 0.29) is 23.8 Å². The van der Waals surface area contributed by atoms with Crippen molar-refractivity contribution in [1.29, 1.82) is 0 Å². The van der Waals surface area contributed by atoms with Gasteiger partial charge in [0, 0.05) is 12.1 Å². The van der Waals surface area contributed by atoms with E-state index < -0.39 is 4.92 Å². The van der Waals surface area contributed by atoms with Crippen LogP contribution in [0.4, 0.5) is 5.69 Å². The van der Waals surface area contributed by atoms with E-state index in [1.54, 1.807) is 12.1 Å². The lowest BCUT2D eigenvalue weighted by Crippen LogP contribution is -2.19. The molecule has 2 aromatic rings. The third-order valence-corrected chi connectivity index (χ3v) is 3.12. The van der Waals surface area contributed by atoms with Gasteiger partial charge < -0.3 is 9.84 Å². The average molecular weight is 329 g/mol. The van der Waals surface area contributed by atoms with Gasteiger partial charge in [0.15, 0.2) is 11.5 Å². The van der Waals surface area contributed by atoms with Gasteiger partial charge >= 0.3 is 0 Å².